The molecule has 8 aromatic heterocycles. The van der Waals surface area contributed by atoms with Crippen LogP contribution in [0.25, 0.3) is 88.3 Å². The Morgan fingerprint density at radius 3 is 0.408 bits per heavy atom. The number of benzene rings is 8. The lowest BCUT2D eigenvalue weighted by Crippen LogP contribution is -1.92. The first kappa shape index (κ1) is 45.4. The fourth-order valence-corrected chi connectivity index (χ4v) is 9.35. The molecule has 16 rings (SSSR count). The maximum absolute atomic E-state index is 4.56. The average Bonchev–Trinajstić information content (AvgIpc) is 4.32. The summed E-state index contributed by atoms with van der Waals surface area (Å²) in [4.78, 5) is 63.0. The number of H-pyrrole nitrogens is 8. The Balaban J connectivity index is 0.0000000970. The molecule has 0 saturated heterocycles. The smallest absolute Gasteiger partial charge is 0.114 e. The van der Waals surface area contributed by atoms with Crippen LogP contribution in [0.15, 0.2) is 194 Å². The van der Waals surface area contributed by atoms with Gasteiger partial charge in [-0.2, -0.15) is 0 Å². The predicted molar refractivity (Wildman–Crippen MR) is 300 cm³/mol. The van der Waals surface area contributed by atoms with Crippen LogP contribution >= 0.6 is 0 Å². The van der Waals surface area contributed by atoms with Gasteiger partial charge in [0.05, 0.1) is 114 Å². The summed E-state index contributed by atoms with van der Waals surface area (Å²) in [6.07, 6.45) is 2.74. The molecular weight excluding hydrogens is 945 g/mol. The van der Waals surface area contributed by atoms with Crippen molar-refractivity contribution in [1.82, 2.24) is 79.7 Å². The molecule has 0 saturated carbocycles. The quantitative estimate of drug-likeness (QED) is 0.0728. The Morgan fingerprint density at radius 2 is 0.289 bits per heavy atom. The van der Waals surface area contributed by atoms with Gasteiger partial charge in [-0.15, -0.1) is 0 Å². The summed E-state index contributed by atoms with van der Waals surface area (Å²) in [6, 6.07) is 64.3. The van der Waals surface area contributed by atoms with Crippen LogP contribution in [0.4, 0.5) is 0 Å². The maximum Gasteiger partial charge on any atom is 0.114 e. The van der Waals surface area contributed by atoms with Gasteiger partial charge in [0.1, 0.15) is 46.6 Å². The summed E-state index contributed by atoms with van der Waals surface area (Å²) in [6.45, 7) is 0. The molecule has 8 N–H and O–H groups in total. The number of hydrogen-bond acceptors (Lipinski definition) is 8. The Labute approximate surface area is 432 Å². The van der Waals surface area contributed by atoms with E-state index in [9.17, 15) is 0 Å². The zero-order valence-corrected chi connectivity index (χ0v) is 40.9. The highest BCUT2D eigenvalue weighted by Gasteiger charge is 2.11. The molecule has 368 valence electrons. The van der Waals surface area contributed by atoms with Crippen LogP contribution in [-0.2, 0) is 25.7 Å². The number of aromatic nitrogens is 16. The first-order valence-corrected chi connectivity index (χ1v) is 25.0. The van der Waals surface area contributed by atoms with Crippen LogP contribution in [0.5, 0.6) is 0 Å². The molecule has 0 atom stereocenters. The number of rotatable bonds is 8. The van der Waals surface area contributed by atoms with Gasteiger partial charge in [0, 0.05) is 0 Å². The van der Waals surface area contributed by atoms with Crippen molar-refractivity contribution in [2.75, 3.05) is 0 Å². The normalized spacial score (nSPS) is 11.4. The molecule has 0 radical (unpaired) electrons. The third-order valence-corrected chi connectivity index (χ3v) is 12.8. The highest BCUT2D eigenvalue weighted by atomic mass is 15.0. The fraction of sp³-hybridized carbons (Fsp3) is 0.0667. The van der Waals surface area contributed by atoms with E-state index in [2.05, 4.69) is 79.7 Å². The van der Waals surface area contributed by atoms with Gasteiger partial charge in [-0.25, -0.2) is 39.9 Å². The second kappa shape index (κ2) is 20.2. The summed E-state index contributed by atoms with van der Waals surface area (Å²) in [5, 5.41) is 0. The zero-order chi connectivity index (χ0) is 50.6. The average molecular weight is 993 g/mol. The van der Waals surface area contributed by atoms with E-state index < -0.39 is 0 Å². The third kappa shape index (κ3) is 10.0. The van der Waals surface area contributed by atoms with Crippen molar-refractivity contribution in [3.8, 4) is 0 Å². The number of hydrogen-bond donors (Lipinski definition) is 8. The van der Waals surface area contributed by atoms with Gasteiger partial charge >= 0.3 is 0 Å². The molecule has 8 aromatic carbocycles. The Bertz CT molecular complexity index is 3460. The molecule has 0 aliphatic heterocycles. The number of imidazole rings is 8. The molecule has 76 heavy (non-hydrogen) atoms. The van der Waals surface area contributed by atoms with Gasteiger partial charge in [0.25, 0.3) is 0 Å². The van der Waals surface area contributed by atoms with Gasteiger partial charge in [-0.1, -0.05) is 97.1 Å². The SMILES string of the molecule is c1ccc2[nH]c(Cc3nc4ccccc4[nH]3)nc2c1.c1ccc2[nH]c(Cc3nc4ccccc4[nH]3)nc2c1.c1ccc2[nH]c(Cc3nc4ccccc4[nH]3)nc2c1.c1ccc2[nH]c(Cc3nc4ccccc4[nH]3)nc2c1. The molecule has 0 aliphatic rings. The van der Waals surface area contributed by atoms with Crippen molar-refractivity contribution in [2.45, 2.75) is 25.7 Å². The molecule has 0 unspecified atom stereocenters. The Morgan fingerprint density at radius 1 is 0.171 bits per heavy atom. The van der Waals surface area contributed by atoms with Gasteiger partial charge < -0.3 is 39.9 Å². The summed E-state index contributed by atoms with van der Waals surface area (Å²) >= 11 is 0. The van der Waals surface area contributed by atoms with E-state index in [1.54, 1.807) is 0 Å². The predicted octanol–water partition coefficient (Wildman–Crippen LogP) is 12.1. The number of nitrogens with one attached hydrogen (secondary N) is 8. The van der Waals surface area contributed by atoms with Crippen molar-refractivity contribution in [3.05, 3.63) is 241 Å². The minimum absolute atomic E-state index is 0.684. The molecular formula is C60H48N16. The topological polar surface area (TPSA) is 229 Å². The molecule has 0 fully saturated rings. The maximum atomic E-state index is 4.56. The van der Waals surface area contributed by atoms with E-state index in [4.69, 9.17) is 0 Å². The fourth-order valence-electron chi connectivity index (χ4n) is 9.35. The van der Waals surface area contributed by atoms with E-state index >= 15 is 0 Å². The monoisotopic (exact) mass is 992 g/mol. The third-order valence-electron chi connectivity index (χ3n) is 12.8. The minimum Gasteiger partial charge on any atom is -0.342 e. The molecule has 16 heteroatoms. The molecule has 0 spiro atoms. The highest BCUT2D eigenvalue weighted by Crippen LogP contribution is 2.20. The number of aromatic amines is 8. The van der Waals surface area contributed by atoms with Gasteiger partial charge in [0.15, 0.2) is 0 Å². The lowest BCUT2D eigenvalue weighted by Gasteiger charge is -1.90. The second-order valence-electron chi connectivity index (χ2n) is 18.3. The minimum atomic E-state index is 0.684. The van der Waals surface area contributed by atoms with Crippen LogP contribution < -0.4 is 0 Å². The summed E-state index contributed by atoms with van der Waals surface area (Å²) in [5.74, 6) is 7.45. The van der Waals surface area contributed by atoms with E-state index in [-0.39, 0.29) is 0 Å². The van der Waals surface area contributed by atoms with Crippen molar-refractivity contribution in [1.29, 1.82) is 0 Å². The summed E-state index contributed by atoms with van der Waals surface area (Å²) in [7, 11) is 0. The summed E-state index contributed by atoms with van der Waals surface area (Å²) < 4.78 is 0. The molecule has 16 aromatic rings. The molecule has 0 amide bonds. The van der Waals surface area contributed by atoms with Crippen molar-refractivity contribution in [3.63, 3.8) is 0 Å². The number of para-hydroxylation sites is 16. The van der Waals surface area contributed by atoms with Crippen LogP contribution in [-0.4, -0.2) is 79.7 Å². The first-order chi connectivity index (χ1) is 37.5. The molecule has 0 aliphatic carbocycles. The lowest BCUT2D eigenvalue weighted by molar-refractivity contribution is 0.959. The second-order valence-corrected chi connectivity index (χ2v) is 18.3. The largest absolute Gasteiger partial charge is 0.342 e. The Kier molecular flexibility index (Phi) is 12.1. The van der Waals surface area contributed by atoms with E-state index in [1.165, 1.54) is 0 Å². The molecule has 8 heterocycles. The molecule has 16 nitrogen and oxygen atoms in total. The van der Waals surface area contributed by atoms with Crippen molar-refractivity contribution in [2.24, 2.45) is 0 Å². The van der Waals surface area contributed by atoms with Crippen LogP contribution in [0.1, 0.15) is 46.6 Å². The van der Waals surface area contributed by atoms with E-state index in [0.29, 0.717) is 25.7 Å². The number of nitrogens with zero attached hydrogens (tertiary/aromatic N) is 8. The Hall–Kier alpha value is -10.5. The van der Waals surface area contributed by atoms with E-state index in [0.717, 1.165) is 135 Å². The van der Waals surface area contributed by atoms with E-state index in [1.807, 2.05) is 194 Å². The van der Waals surface area contributed by atoms with Gasteiger partial charge in [-0.05, 0) is 97.1 Å². The molecule has 0 bridgehead atoms. The van der Waals surface area contributed by atoms with Crippen LogP contribution in [0, 0.1) is 0 Å². The standard InChI is InChI=1S/4C15H12N4/c4*1-2-6-11-10(5-1)16-14(17-11)9-15-18-12-7-3-4-8-13(12)19-15/h4*1-8H,9H2,(H,16,17)(H,18,19). The first-order valence-electron chi connectivity index (χ1n) is 25.0. The van der Waals surface area contributed by atoms with Crippen molar-refractivity contribution < 1.29 is 0 Å². The number of fused-ring (bicyclic) bond motifs is 8. The van der Waals surface area contributed by atoms with Gasteiger partial charge in [-0.3, -0.25) is 0 Å². The lowest BCUT2D eigenvalue weighted by atomic mass is 10.3. The van der Waals surface area contributed by atoms with Gasteiger partial charge in [0.2, 0.25) is 0 Å². The highest BCUT2D eigenvalue weighted by molar-refractivity contribution is 5.80. The summed E-state index contributed by atoms with van der Waals surface area (Å²) in [5.41, 5.74) is 16.5. The zero-order valence-electron chi connectivity index (χ0n) is 40.9. The van der Waals surface area contributed by atoms with Crippen LogP contribution in [0.2, 0.25) is 0 Å². The van der Waals surface area contributed by atoms with Crippen LogP contribution in [0.3, 0.4) is 0 Å². The van der Waals surface area contributed by atoms with Crippen molar-refractivity contribution >= 4 is 88.3 Å².